The smallest absolute Gasteiger partial charge is 0.409 e. The van der Waals surface area contributed by atoms with Crippen molar-refractivity contribution in [1.82, 2.24) is 29.0 Å². The molecule has 2 N–H and O–H groups in total. The van der Waals surface area contributed by atoms with Gasteiger partial charge in [-0.25, -0.2) is 23.7 Å². The van der Waals surface area contributed by atoms with Gasteiger partial charge in [0.15, 0.2) is 5.65 Å². The molecule has 0 aliphatic carbocycles. The third kappa shape index (κ3) is 4.34. The van der Waals surface area contributed by atoms with Crippen molar-refractivity contribution < 1.29 is 9.53 Å². The maximum Gasteiger partial charge on any atom is 0.409 e. The molecular formula is C24H27N7O3. The average Bonchev–Trinajstić information content (AvgIpc) is 3.13. The van der Waals surface area contributed by atoms with Gasteiger partial charge in [0, 0.05) is 30.5 Å². The lowest BCUT2D eigenvalue weighted by Gasteiger charge is -2.15. The van der Waals surface area contributed by atoms with Crippen molar-refractivity contribution in [1.29, 1.82) is 0 Å². The zero-order chi connectivity index (χ0) is 24.4. The van der Waals surface area contributed by atoms with Crippen molar-refractivity contribution in [2.24, 2.45) is 0 Å². The lowest BCUT2D eigenvalue weighted by atomic mass is 9.99. The van der Waals surface area contributed by atoms with Crippen LogP contribution in [0.5, 0.6) is 0 Å². The summed E-state index contributed by atoms with van der Waals surface area (Å²) in [5, 5.41) is 4.62. The summed E-state index contributed by atoms with van der Waals surface area (Å²) >= 11 is 0. The van der Waals surface area contributed by atoms with Crippen molar-refractivity contribution in [3.8, 4) is 22.4 Å². The van der Waals surface area contributed by atoms with Gasteiger partial charge in [-0.3, -0.25) is 4.98 Å². The topological polar surface area (TPSA) is 121 Å². The SMILES string of the molecule is CCOC(=O)N(C)CCn1nc2c(-c3cc(C)nc(C)c3)c(-c3ccccc3)nc(N)n2c1=O. The molecule has 4 rings (SSSR count). The number of rotatable bonds is 6. The number of nitrogen functional groups attached to an aromatic ring is 1. The Balaban J connectivity index is 1.91. The number of likely N-dealkylation sites (N-methyl/N-ethyl adjacent to an activating group) is 1. The molecule has 10 heteroatoms. The fraction of sp³-hybridized carbons (Fsp3) is 0.292. The number of carbonyl (C=O) groups excluding carboxylic acids is 1. The Morgan fingerprint density at radius 1 is 1.09 bits per heavy atom. The normalized spacial score (nSPS) is 11.1. The molecule has 0 fully saturated rings. The van der Waals surface area contributed by atoms with E-state index < -0.39 is 11.8 Å². The molecule has 0 aliphatic heterocycles. The van der Waals surface area contributed by atoms with Crippen LogP contribution in [0.15, 0.2) is 47.3 Å². The van der Waals surface area contributed by atoms with Crippen LogP contribution in [0.4, 0.5) is 10.7 Å². The number of amides is 1. The van der Waals surface area contributed by atoms with Gasteiger partial charge in [0.1, 0.15) is 0 Å². The first-order chi connectivity index (χ1) is 16.3. The molecule has 0 radical (unpaired) electrons. The van der Waals surface area contributed by atoms with Gasteiger partial charge in [0.05, 0.1) is 24.4 Å². The Kier molecular flexibility index (Phi) is 6.31. The number of aryl methyl sites for hydroxylation is 2. The number of nitrogens with two attached hydrogens (primary N) is 1. The fourth-order valence-corrected chi connectivity index (χ4v) is 3.87. The number of pyridine rings is 1. The van der Waals surface area contributed by atoms with Crippen molar-refractivity contribution in [2.45, 2.75) is 27.3 Å². The Morgan fingerprint density at radius 3 is 2.41 bits per heavy atom. The number of anilines is 1. The van der Waals surface area contributed by atoms with Crippen molar-refractivity contribution in [3.63, 3.8) is 0 Å². The predicted octanol–water partition coefficient (Wildman–Crippen LogP) is 2.91. The highest BCUT2D eigenvalue weighted by atomic mass is 16.6. The monoisotopic (exact) mass is 461 g/mol. The van der Waals surface area contributed by atoms with Crippen LogP contribution in [0.25, 0.3) is 28.0 Å². The number of aromatic nitrogens is 5. The van der Waals surface area contributed by atoms with E-state index in [-0.39, 0.29) is 25.6 Å². The number of benzene rings is 1. The molecule has 176 valence electrons. The van der Waals surface area contributed by atoms with Gasteiger partial charge < -0.3 is 15.4 Å². The summed E-state index contributed by atoms with van der Waals surface area (Å²) in [5.74, 6) is 0.0371. The number of nitrogens with zero attached hydrogens (tertiary/aromatic N) is 6. The first kappa shape index (κ1) is 23.0. The molecule has 0 bridgehead atoms. The highest BCUT2D eigenvalue weighted by molar-refractivity contribution is 5.90. The number of carbonyl (C=O) groups is 1. The third-order valence-corrected chi connectivity index (χ3v) is 5.40. The minimum atomic E-state index is -0.463. The van der Waals surface area contributed by atoms with Gasteiger partial charge in [-0.15, -0.1) is 5.10 Å². The van der Waals surface area contributed by atoms with Gasteiger partial charge in [-0.1, -0.05) is 30.3 Å². The summed E-state index contributed by atoms with van der Waals surface area (Å²) in [6, 6.07) is 13.5. The number of hydrogen-bond acceptors (Lipinski definition) is 7. The van der Waals surface area contributed by atoms with Crippen LogP contribution in [0.1, 0.15) is 18.3 Å². The van der Waals surface area contributed by atoms with Gasteiger partial charge in [0.25, 0.3) is 0 Å². The van der Waals surface area contributed by atoms with Crippen LogP contribution in [-0.4, -0.2) is 55.3 Å². The molecule has 34 heavy (non-hydrogen) atoms. The molecule has 1 amide bonds. The van der Waals surface area contributed by atoms with Crippen LogP contribution in [0.2, 0.25) is 0 Å². The predicted molar refractivity (Wildman–Crippen MR) is 129 cm³/mol. The van der Waals surface area contributed by atoms with Crippen LogP contribution >= 0.6 is 0 Å². The van der Waals surface area contributed by atoms with Gasteiger partial charge in [0.2, 0.25) is 5.95 Å². The summed E-state index contributed by atoms with van der Waals surface area (Å²) in [6.45, 7) is 6.25. The molecule has 1 aromatic carbocycles. The molecule has 0 spiro atoms. The Bertz CT molecular complexity index is 1390. The third-order valence-electron chi connectivity index (χ3n) is 5.40. The molecule has 0 aliphatic rings. The highest BCUT2D eigenvalue weighted by Crippen LogP contribution is 2.34. The zero-order valence-electron chi connectivity index (χ0n) is 19.6. The Labute approximate surface area is 196 Å². The first-order valence-electron chi connectivity index (χ1n) is 11.0. The van der Waals surface area contributed by atoms with Crippen molar-refractivity contribution in [2.75, 3.05) is 25.9 Å². The largest absolute Gasteiger partial charge is 0.450 e. The standard InChI is InChI=1S/C24H27N7O3/c1-5-34-24(33)29(4)11-12-30-23(32)31-21(28-30)19(18-13-15(2)26-16(3)14-18)20(27-22(31)25)17-9-7-6-8-10-17/h6-10,13-14H,5,11-12H2,1-4H3,(H2,25,27). The molecule has 10 nitrogen and oxygen atoms in total. The first-order valence-corrected chi connectivity index (χ1v) is 11.0. The number of hydrogen-bond donors (Lipinski definition) is 1. The van der Waals surface area contributed by atoms with Crippen molar-refractivity contribution >= 4 is 17.7 Å². The lowest BCUT2D eigenvalue weighted by Crippen LogP contribution is -2.33. The molecule has 4 aromatic rings. The van der Waals surface area contributed by atoms with E-state index in [0.29, 0.717) is 16.9 Å². The Hall–Kier alpha value is -4.21. The molecule has 0 saturated heterocycles. The summed E-state index contributed by atoms with van der Waals surface area (Å²) in [5.41, 5.74) is 10.9. The van der Waals surface area contributed by atoms with E-state index in [0.717, 1.165) is 22.5 Å². The van der Waals surface area contributed by atoms with Crippen LogP contribution in [0.3, 0.4) is 0 Å². The van der Waals surface area contributed by atoms with Crippen LogP contribution in [0, 0.1) is 13.8 Å². The molecular weight excluding hydrogens is 434 g/mol. The van der Waals surface area contributed by atoms with Gasteiger partial charge in [-0.2, -0.15) is 0 Å². The minimum absolute atomic E-state index is 0.0371. The second-order valence-corrected chi connectivity index (χ2v) is 7.98. The molecule has 0 atom stereocenters. The van der Waals surface area contributed by atoms with E-state index in [9.17, 15) is 9.59 Å². The Morgan fingerprint density at radius 2 is 1.76 bits per heavy atom. The molecule has 0 unspecified atom stereocenters. The highest BCUT2D eigenvalue weighted by Gasteiger charge is 2.22. The van der Waals surface area contributed by atoms with E-state index in [1.807, 2.05) is 56.3 Å². The number of ether oxygens (including phenoxy) is 1. The molecule has 0 saturated carbocycles. The lowest BCUT2D eigenvalue weighted by molar-refractivity contribution is 0.114. The minimum Gasteiger partial charge on any atom is -0.450 e. The zero-order valence-corrected chi connectivity index (χ0v) is 19.6. The maximum atomic E-state index is 13.2. The second kappa shape index (κ2) is 9.34. The van der Waals surface area contributed by atoms with Crippen LogP contribution < -0.4 is 11.4 Å². The molecule has 3 aromatic heterocycles. The van der Waals surface area contributed by atoms with E-state index >= 15 is 0 Å². The summed E-state index contributed by atoms with van der Waals surface area (Å²) in [4.78, 5) is 35.6. The van der Waals surface area contributed by atoms with E-state index in [2.05, 4.69) is 15.1 Å². The second-order valence-electron chi connectivity index (χ2n) is 7.98. The van der Waals surface area contributed by atoms with E-state index in [4.69, 9.17) is 10.5 Å². The molecule has 3 heterocycles. The number of fused-ring (bicyclic) bond motifs is 1. The van der Waals surface area contributed by atoms with Crippen molar-refractivity contribution in [3.05, 3.63) is 64.3 Å². The fourth-order valence-electron chi connectivity index (χ4n) is 3.87. The summed E-state index contributed by atoms with van der Waals surface area (Å²) in [7, 11) is 1.61. The quantitative estimate of drug-likeness (QED) is 0.469. The van der Waals surface area contributed by atoms with E-state index in [1.165, 1.54) is 14.0 Å². The average molecular weight is 462 g/mol. The summed E-state index contributed by atoms with van der Waals surface area (Å²) in [6.07, 6.45) is -0.463. The van der Waals surface area contributed by atoms with E-state index in [1.54, 1.807) is 14.0 Å². The summed E-state index contributed by atoms with van der Waals surface area (Å²) < 4.78 is 7.60. The maximum absolute atomic E-state index is 13.2. The van der Waals surface area contributed by atoms with Crippen LogP contribution in [-0.2, 0) is 11.3 Å². The van der Waals surface area contributed by atoms with Gasteiger partial charge in [-0.05, 0) is 38.5 Å². The van der Waals surface area contributed by atoms with Gasteiger partial charge >= 0.3 is 11.8 Å².